The van der Waals surface area contributed by atoms with Crippen molar-refractivity contribution >= 4 is 7.37 Å². The van der Waals surface area contributed by atoms with Gasteiger partial charge < -0.3 is 14.4 Å². The first kappa shape index (κ1) is 13.8. The Labute approximate surface area is 85.4 Å². The summed E-state index contributed by atoms with van der Waals surface area (Å²) in [6.07, 6.45) is 1.39. The molecule has 0 spiro atoms. The predicted molar refractivity (Wildman–Crippen MR) is 56.5 cm³/mol. The van der Waals surface area contributed by atoms with Gasteiger partial charge in [-0.2, -0.15) is 0 Å². The molecule has 0 bridgehead atoms. The highest BCUT2D eigenvalue weighted by Gasteiger charge is 2.44. The molecule has 1 unspecified atom stereocenters. The van der Waals surface area contributed by atoms with Crippen LogP contribution < -0.4 is 0 Å². The van der Waals surface area contributed by atoms with Crippen LogP contribution in [0.4, 0.5) is 0 Å². The van der Waals surface area contributed by atoms with Gasteiger partial charge in [-0.25, -0.2) is 0 Å². The van der Waals surface area contributed by atoms with Gasteiger partial charge >= 0.3 is 0 Å². The van der Waals surface area contributed by atoms with Crippen molar-refractivity contribution in [1.82, 2.24) is 0 Å². The Kier molecular flexibility index (Phi) is 5.60. The van der Waals surface area contributed by atoms with Crippen LogP contribution in [0.1, 0.15) is 20.8 Å². The van der Waals surface area contributed by atoms with Crippen molar-refractivity contribution in [3.63, 3.8) is 0 Å². The quantitative estimate of drug-likeness (QED) is 0.407. The fourth-order valence-electron chi connectivity index (χ4n) is 1.12. The molecule has 0 aliphatic rings. The highest BCUT2D eigenvalue weighted by Crippen LogP contribution is 2.55. The van der Waals surface area contributed by atoms with Crippen LogP contribution in [0, 0.1) is 0 Å². The van der Waals surface area contributed by atoms with E-state index in [-0.39, 0.29) is 6.16 Å². The van der Waals surface area contributed by atoms with E-state index in [1.54, 1.807) is 13.8 Å². The van der Waals surface area contributed by atoms with Crippen molar-refractivity contribution in [2.75, 3.05) is 19.4 Å². The minimum atomic E-state index is -3.51. The average Bonchev–Trinajstić information content (AvgIpc) is 2.04. The van der Waals surface area contributed by atoms with E-state index in [0.717, 1.165) is 0 Å². The monoisotopic (exact) mass is 222 g/mol. The summed E-state index contributed by atoms with van der Waals surface area (Å²) in [5, 5.41) is 0. The van der Waals surface area contributed by atoms with Gasteiger partial charge in [-0.3, -0.25) is 4.57 Å². The lowest BCUT2D eigenvalue weighted by Crippen LogP contribution is -2.33. The third-order valence-electron chi connectivity index (χ3n) is 1.84. The van der Waals surface area contributed by atoms with Crippen molar-refractivity contribution in [3.8, 4) is 0 Å². The maximum Gasteiger partial charge on any atom is 0.261 e. The van der Waals surface area contributed by atoms with Gasteiger partial charge in [0.2, 0.25) is 5.53 Å². The number of hydrogen-bond acceptors (Lipinski definition) is 3. The standard InChI is InChI=1S/C9H19O4P/c1-5-8-14(10,11)9(4,12-6-2)13-7-3/h5H,1,6-8H2,2-4H3,(H,10,11). The van der Waals surface area contributed by atoms with Crippen molar-refractivity contribution < 1.29 is 18.9 Å². The molecule has 5 heteroatoms. The van der Waals surface area contributed by atoms with E-state index >= 15 is 0 Å². The summed E-state index contributed by atoms with van der Waals surface area (Å²) in [5.41, 5.74) is -1.41. The molecule has 4 nitrogen and oxygen atoms in total. The first-order valence-electron chi connectivity index (χ1n) is 4.64. The van der Waals surface area contributed by atoms with Crippen LogP contribution in [0.25, 0.3) is 0 Å². The van der Waals surface area contributed by atoms with Crippen molar-refractivity contribution in [2.24, 2.45) is 0 Å². The summed E-state index contributed by atoms with van der Waals surface area (Å²) in [7, 11) is -3.51. The molecular formula is C9H19O4P. The van der Waals surface area contributed by atoms with Crippen LogP contribution in [0.3, 0.4) is 0 Å². The highest BCUT2D eigenvalue weighted by atomic mass is 31.2. The van der Waals surface area contributed by atoms with E-state index in [0.29, 0.717) is 13.2 Å². The smallest absolute Gasteiger partial charge is 0.261 e. The maximum atomic E-state index is 11.9. The summed E-state index contributed by atoms with van der Waals surface area (Å²) in [6, 6.07) is 0. The number of rotatable bonds is 7. The SMILES string of the molecule is C=CCP(=O)(O)C(C)(OCC)OCC. The molecular weight excluding hydrogens is 203 g/mol. The zero-order valence-electron chi connectivity index (χ0n) is 9.02. The fraction of sp³-hybridized carbons (Fsp3) is 0.778. The van der Waals surface area contributed by atoms with Crippen LogP contribution in [0.15, 0.2) is 12.7 Å². The molecule has 0 radical (unpaired) electrons. The molecule has 0 aromatic heterocycles. The zero-order valence-corrected chi connectivity index (χ0v) is 9.92. The van der Waals surface area contributed by atoms with Gasteiger partial charge in [0.25, 0.3) is 7.37 Å². The molecule has 0 aromatic carbocycles. The van der Waals surface area contributed by atoms with Gasteiger partial charge in [-0.1, -0.05) is 6.08 Å². The molecule has 1 atom stereocenters. The maximum absolute atomic E-state index is 11.9. The Balaban J connectivity index is 4.77. The first-order chi connectivity index (χ1) is 6.43. The highest BCUT2D eigenvalue weighted by molar-refractivity contribution is 7.59. The van der Waals surface area contributed by atoms with Gasteiger partial charge in [-0.15, -0.1) is 6.58 Å². The zero-order chi connectivity index (χ0) is 11.2. The molecule has 1 N–H and O–H groups in total. The molecule has 0 aliphatic heterocycles. The summed E-state index contributed by atoms with van der Waals surface area (Å²) in [6.45, 7) is 9.10. The second-order valence-corrected chi connectivity index (χ2v) is 5.52. The van der Waals surface area contributed by atoms with Crippen LogP contribution in [-0.2, 0) is 14.0 Å². The van der Waals surface area contributed by atoms with E-state index in [9.17, 15) is 9.46 Å². The third kappa shape index (κ3) is 3.21. The largest absolute Gasteiger partial charge is 0.342 e. The lowest BCUT2D eigenvalue weighted by molar-refractivity contribution is -0.166. The lowest BCUT2D eigenvalue weighted by atomic mass is 10.7. The minimum Gasteiger partial charge on any atom is -0.342 e. The van der Waals surface area contributed by atoms with E-state index < -0.39 is 12.9 Å². The van der Waals surface area contributed by atoms with Gasteiger partial charge in [-0.05, 0) is 20.8 Å². The topological polar surface area (TPSA) is 55.8 Å². The van der Waals surface area contributed by atoms with Crippen molar-refractivity contribution in [2.45, 2.75) is 26.3 Å². The predicted octanol–water partition coefficient (Wildman–Crippen LogP) is 2.19. The molecule has 0 amide bonds. The fourth-order valence-corrected chi connectivity index (χ4v) is 2.46. The Morgan fingerprint density at radius 1 is 1.43 bits per heavy atom. The molecule has 14 heavy (non-hydrogen) atoms. The molecule has 0 heterocycles. The van der Waals surface area contributed by atoms with E-state index in [1.807, 2.05) is 0 Å². The summed E-state index contributed by atoms with van der Waals surface area (Å²) < 4.78 is 22.3. The molecule has 0 rings (SSSR count). The summed E-state index contributed by atoms with van der Waals surface area (Å²) in [5.74, 6) is 0. The molecule has 84 valence electrons. The van der Waals surface area contributed by atoms with Crippen LogP contribution in [0.2, 0.25) is 0 Å². The summed E-state index contributed by atoms with van der Waals surface area (Å²) in [4.78, 5) is 9.73. The van der Waals surface area contributed by atoms with Crippen molar-refractivity contribution in [3.05, 3.63) is 12.7 Å². The normalized spacial score (nSPS) is 16.3. The molecule has 0 aliphatic carbocycles. The van der Waals surface area contributed by atoms with Gasteiger partial charge in [0.15, 0.2) is 0 Å². The third-order valence-corrected chi connectivity index (χ3v) is 4.12. The van der Waals surface area contributed by atoms with Crippen LogP contribution in [0.5, 0.6) is 0 Å². The van der Waals surface area contributed by atoms with Gasteiger partial charge in [0.1, 0.15) is 0 Å². The number of allylic oxidation sites excluding steroid dienone is 1. The van der Waals surface area contributed by atoms with Crippen LogP contribution >= 0.6 is 7.37 Å². The molecule has 0 aromatic rings. The Bertz CT molecular complexity index is 221. The van der Waals surface area contributed by atoms with E-state index in [1.165, 1.54) is 13.0 Å². The Morgan fingerprint density at radius 2 is 1.86 bits per heavy atom. The second kappa shape index (κ2) is 5.66. The summed E-state index contributed by atoms with van der Waals surface area (Å²) >= 11 is 0. The van der Waals surface area contributed by atoms with Crippen LogP contribution in [-0.4, -0.2) is 29.8 Å². The average molecular weight is 222 g/mol. The molecule has 0 saturated heterocycles. The van der Waals surface area contributed by atoms with Gasteiger partial charge in [0, 0.05) is 19.4 Å². The number of hydrogen-bond donors (Lipinski definition) is 1. The lowest BCUT2D eigenvalue weighted by Gasteiger charge is -2.32. The second-order valence-electron chi connectivity index (χ2n) is 2.94. The van der Waals surface area contributed by atoms with E-state index in [4.69, 9.17) is 9.47 Å². The van der Waals surface area contributed by atoms with Gasteiger partial charge in [0.05, 0.1) is 0 Å². The first-order valence-corrected chi connectivity index (χ1v) is 6.48. The minimum absolute atomic E-state index is 0.0104. The number of ether oxygens (including phenoxy) is 2. The van der Waals surface area contributed by atoms with Crippen molar-refractivity contribution in [1.29, 1.82) is 0 Å². The van der Waals surface area contributed by atoms with E-state index in [2.05, 4.69) is 6.58 Å². The molecule has 0 fully saturated rings. The Hall–Kier alpha value is -0.150. The Morgan fingerprint density at radius 3 is 2.14 bits per heavy atom. The molecule has 0 saturated carbocycles.